The van der Waals surface area contributed by atoms with Gasteiger partial charge < -0.3 is 9.84 Å². The Morgan fingerprint density at radius 1 is 1.41 bits per heavy atom. The lowest BCUT2D eigenvalue weighted by Gasteiger charge is -2.26. The molecule has 2 rings (SSSR count). The summed E-state index contributed by atoms with van der Waals surface area (Å²) < 4.78 is 5.32. The molecule has 0 aliphatic carbocycles. The first-order chi connectivity index (χ1) is 8.31. The molecule has 0 amide bonds. The maximum absolute atomic E-state index is 10.3. The summed E-state index contributed by atoms with van der Waals surface area (Å²) >= 11 is 1.91. The summed E-state index contributed by atoms with van der Waals surface area (Å²) in [5.41, 5.74) is 1.11. The molecule has 0 aromatic heterocycles. The van der Waals surface area contributed by atoms with Gasteiger partial charge in [0.1, 0.15) is 5.75 Å². The van der Waals surface area contributed by atoms with Crippen LogP contribution in [-0.4, -0.2) is 29.3 Å². The normalized spacial score (nSPS) is 22.1. The highest BCUT2D eigenvalue weighted by Gasteiger charge is 2.23. The molecule has 1 N–H and O–H groups in total. The third-order valence-electron chi connectivity index (χ3n) is 3.27. The van der Waals surface area contributed by atoms with Crippen LogP contribution in [0.2, 0.25) is 0 Å². The fourth-order valence-electron chi connectivity index (χ4n) is 2.30. The van der Waals surface area contributed by atoms with E-state index >= 15 is 0 Å². The van der Waals surface area contributed by atoms with Crippen molar-refractivity contribution in [3.63, 3.8) is 0 Å². The smallest absolute Gasteiger partial charge is 0.122 e. The molecule has 1 saturated heterocycles. The molecule has 1 aromatic carbocycles. The van der Waals surface area contributed by atoms with Gasteiger partial charge in [-0.25, -0.2) is 0 Å². The highest BCUT2D eigenvalue weighted by Crippen LogP contribution is 2.30. The van der Waals surface area contributed by atoms with Gasteiger partial charge >= 0.3 is 0 Å². The first-order valence-electron chi connectivity index (χ1n) is 6.23. The van der Waals surface area contributed by atoms with Crippen molar-refractivity contribution in [2.24, 2.45) is 0 Å². The van der Waals surface area contributed by atoms with Crippen molar-refractivity contribution in [3.05, 3.63) is 29.8 Å². The third kappa shape index (κ3) is 3.39. The first kappa shape index (κ1) is 12.8. The van der Waals surface area contributed by atoms with Gasteiger partial charge in [-0.2, -0.15) is 11.8 Å². The Bertz CT molecular complexity index is 348. The minimum atomic E-state index is -0.253. The monoisotopic (exact) mass is 252 g/mol. The summed E-state index contributed by atoms with van der Waals surface area (Å²) in [7, 11) is 1.68. The third-order valence-corrected chi connectivity index (χ3v) is 4.77. The molecule has 1 aliphatic heterocycles. The first-order valence-corrected chi connectivity index (χ1v) is 7.27. The predicted molar refractivity (Wildman–Crippen MR) is 72.8 cm³/mol. The summed E-state index contributed by atoms with van der Waals surface area (Å²) in [4.78, 5) is 0. The van der Waals surface area contributed by atoms with Gasteiger partial charge in [0.25, 0.3) is 0 Å². The van der Waals surface area contributed by atoms with E-state index in [4.69, 9.17) is 4.74 Å². The van der Waals surface area contributed by atoms with E-state index in [1.807, 2.05) is 36.0 Å². The van der Waals surface area contributed by atoms with Crippen LogP contribution in [0.25, 0.3) is 0 Å². The number of para-hydroxylation sites is 1. The molecule has 1 aromatic rings. The van der Waals surface area contributed by atoms with Crippen LogP contribution in [0.1, 0.15) is 24.8 Å². The molecule has 0 radical (unpaired) electrons. The van der Waals surface area contributed by atoms with Gasteiger partial charge in [0.15, 0.2) is 0 Å². The second-order valence-corrected chi connectivity index (χ2v) is 5.84. The van der Waals surface area contributed by atoms with Crippen LogP contribution >= 0.6 is 11.8 Å². The van der Waals surface area contributed by atoms with E-state index in [0.717, 1.165) is 17.7 Å². The highest BCUT2D eigenvalue weighted by atomic mass is 32.2. The number of methoxy groups -OCH3 is 1. The van der Waals surface area contributed by atoms with Gasteiger partial charge in [-0.3, -0.25) is 0 Å². The number of rotatable bonds is 4. The Morgan fingerprint density at radius 2 is 2.24 bits per heavy atom. The number of thioether (sulfide) groups is 1. The molecule has 3 heteroatoms. The maximum atomic E-state index is 10.3. The fourth-order valence-corrected chi connectivity index (χ4v) is 3.62. The summed E-state index contributed by atoms with van der Waals surface area (Å²) in [5.74, 6) is 2.07. The number of hydrogen-bond acceptors (Lipinski definition) is 3. The average Bonchev–Trinajstić information content (AvgIpc) is 2.40. The molecule has 1 aliphatic rings. The van der Waals surface area contributed by atoms with E-state index in [2.05, 4.69) is 0 Å². The minimum Gasteiger partial charge on any atom is -0.496 e. The molecule has 0 saturated carbocycles. The summed E-state index contributed by atoms with van der Waals surface area (Å²) in [6.45, 7) is 0. The Kier molecular flexibility index (Phi) is 4.75. The van der Waals surface area contributed by atoms with Crippen LogP contribution in [0, 0.1) is 0 Å². The Labute approximate surface area is 107 Å². The van der Waals surface area contributed by atoms with Crippen molar-refractivity contribution in [1.29, 1.82) is 0 Å². The van der Waals surface area contributed by atoms with Crippen molar-refractivity contribution < 1.29 is 9.84 Å². The van der Waals surface area contributed by atoms with Gasteiger partial charge in [0.05, 0.1) is 13.2 Å². The van der Waals surface area contributed by atoms with Crippen LogP contribution in [0.15, 0.2) is 24.3 Å². The van der Waals surface area contributed by atoms with E-state index < -0.39 is 0 Å². The van der Waals surface area contributed by atoms with Crippen LogP contribution in [0.5, 0.6) is 5.75 Å². The van der Waals surface area contributed by atoms with E-state index in [9.17, 15) is 5.11 Å². The Morgan fingerprint density at radius 3 is 2.94 bits per heavy atom. The molecule has 1 fully saturated rings. The lowest BCUT2D eigenvalue weighted by molar-refractivity contribution is 0.165. The van der Waals surface area contributed by atoms with Gasteiger partial charge in [-0.05, 0) is 30.2 Å². The van der Waals surface area contributed by atoms with Crippen molar-refractivity contribution >= 4 is 11.8 Å². The fraction of sp³-hybridized carbons (Fsp3) is 0.571. The molecule has 2 atom stereocenters. The largest absolute Gasteiger partial charge is 0.496 e. The molecular formula is C14H20O2S. The second-order valence-electron chi connectivity index (χ2n) is 4.49. The zero-order chi connectivity index (χ0) is 12.1. The van der Waals surface area contributed by atoms with Gasteiger partial charge in [0, 0.05) is 11.7 Å². The van der Waals surface area contributed by atoms with Gasteiger partial charge in [0.2, 0.25) is 0 Å². The van der Waals surface area contributed by atoms with Crippen molar-refractivity contribution in [1.82, 2.24) is 0 Å². The maximum Gasteiger partial charge on any atom is 0.122 e. The van der Waals surface area contributed by atoms with E-state index in [-0.39, 0.29) is 6.10 Å². The molecule has 0 bridgehead atoms. The quantitative estimate of drug-likeness (QED) is 0.893. The summed E-state index contributed by atoms with van der Waals surface area (Å²) in [5, 5.41) is 10.7. The van der Waals surface area contributed by atoms with Crippen molar-refractivity contribution in [3.8, 4) is 5.75 Å². The van der Waals surface area contributed by atoms with E-state index in [1.54, 1.807) is 7.11 Å². The summed E-state index contributed by atoms with van der Waals surface area (Å²) in [6, 6.07) is 7.95. The predicted octanol–water partition coefficient (Wildman–Crippen LogP) is 2.88. The number of aliphatic hydroxyl groups excluding tert-OH is 1. The van der Waals surface area contributed by atoms with E-state index in [1.165, 1.54) is 18.6 Å². The minimum absolute atomic E-state index is 0.253. The number of benzene rings is 1. The van der Waals surface area contributed by atoms with Crippen LogP contribution < -0.4 is 4.74 Å². The van der Waals surface area contributed by atoms with Gasteiger partial charge in [-0.1, -0.05) is 24.6 Å². The molecule has 17 heavy (non-hydrogen) atoms. The van der Waals surface area contributed by atoms with Crippen molar-refractivity contribution in [2.75, 3.05) is 12.9 Å². The summed E-state index contributed by atoms with van der Waals surface area (Å²) in [6.07, 6.45) is 4.13. The van der Waals surface area contributed by atoms with E-state index in [0.29, 0.717) is 11.7 Å². The lowest BCUT2D eigenvalue weighted by atomic mass is 10.0. The topological polar surface area (TPSA) is 29.5 Å². The number of aliphatic hydroxyl groups is 1. The molecule has 94 valence electrons. The highest BCUT2D eigenvalue weighted by molar-refractivity contribution is 8.00. The zero-order valence-corrected chi connectivity index (χ0v) is 11.1. The van der Waals surface area contributed by atoms with Crippen LogP contribution in [0.4, 0.5) is 0 Å². The van der Waals surface area contributed by atoms with Crippen LogP contribution in [-0.2, 0) is 6.42 Å². The number of hydrogen-bond donors (Lipinski definition) is 1. The molecule has 2 nitrogen and oxygen atoms in total. The molecule has 0 spiro atoms. The lowest BCUT2D eigenvalue weighted by Crippen LogP contribution is -2.28. The molecular weight excluding hydrogens is 232 g/mol. The van der Waals surface area contributed by atoms with Crippen LogP contribution in [0.3, 0.4) is 0 Å². The molecule has 1 heterocycles. The Balaban J connectivity index is 1.99. The zero-order valence-electron chi connectivity index (χ0n) is 10.3. The number of ether oxygens (including phenoxy) is 1. The standard InChI is InChI=1S/C14H20O2S/c1-16-13-7-3-2-6-11(13)10-12(15)14-8-4-5-9-17-14/h2-3,6-7,12,14-15H,4-5,8-10H2,1H3. The Hall–Kier alpha value is -0.670. The molecule has 2 unspecified atom stereocenters. The van der Waals surface area contributed by atoms with Gasteiger partial charge in [-0.15, -0.1) is 0 Å². The van der Waals surface area contributed by atoms with Crippen molar-refractivity contribution in [2.45, 2.75) is 37.0 Å². The SMILES string of the molecule is COc1ccccc1CC(O)C1CCCCS1. The average molecular weight is 252 g/mol. The second kappa shape index (κ2) is 6.31.